The molecule has 1 aromatic heterocycles. The van der Waals surface area contributed by atoms with E-state index in [9.17, 15) is 9.59 Å². The molecule has 0 unspecified atom stereocenters. The minimum atomic E-state index is -0.209. The van der Waals surface area contributed by atoms with Crippen molar-refractivity contribution in [2.75, 3.05) is 14.2 Å². The third-order valence-corrected chi connectivity index (χ3v) is 4.94. The lowest BCUT2D eigenvalue weighted by molar-refractivity contribution is -0.121. The Morgan fingerprint density at radius 1 is 1.18 bits per heavy atom. The standard InChI is InChI=1S/C21H27N3O4/c1-14(13-24-21(26)12-16-6-4-5-7-17(16)23-24)22-20(25)11-15-8-9-18(27-2)19(10-15)28-3/h8-10,12,14H,4-7,11,13H2,1-3H3,(H,22,25)/t14-/m0/s1. The molecule has 0 fully saturated rings. The summed E-state index contributed by atoms with van der Waals surface area (Å²) in [6.45, 7) is 2.23. The zero-order valence-electron chi connectivity index (χ0n) is 16.7. The molecule has 0 saturated carbocycles. The average molecular weight is 385 g/mol. The number of nitrogens with one attached hydrogen (secondary N) is 1. The third-order valence-electron chi connectivity index (χ3n) is 4.94. The van der Waals surface area contributed by atoms with Crippen molar-refractivity contribution in [2.45, 2.75) is 51.6 Å². The van der Waals surface area contributed by atoms with E-state index < -0.39 is 0 Å². The molecule has 1 aliphatic rings. The highest BCUT2D eigenvalue weighted by atomic mass is 16.5. The van der Waals surface area contributed by atoms with E-state index in [-0.39, 0.29) is 23.9 Å². The topological polar surface area (TPSA) is 82.5 Å². The molecular weight excluding hydrogens is 358 g/mol. The number of fused-ring (bicyclic) bond motifs is 1. The van der Waals surface area contributed by atoms with E-state index in [0.29, 0.717) is 18.0 Å². The number of ether oxygens (including phenoxy) is 2. The number of aromatic nitrogens is 2. The number of hydrogen-bond donors (Lipinski definition) is 1. The van der Waals surface area contributed by atoms with Crippen LogP contribution in [0.5, 0.6) is 11.5 Å². The number of aryl methyl sites for hydroxylation is 2. The van der Waals surface area contributed by atoms with Crippen LogP contribution in [0.3, 0.4) is 0 Å². The zero-order valence-corrected chi connectivity index (χ0v) is 16.7. The van der Waals surface area contributed by atoms with Crippen molar-refractivity contribution in [3.8, 4) is 11.5 Å². The van der Waals surface area contributed by atoms with Gasteiger partial charge in [0, 0.05) is 12.1 Å². The summed E-state index contributed by atoms with van der Waals surface area (Å²) in [6, 6.07) is 6.89. The monoisotopic (exact) mass is 385 g/mol. The molecule has 1 amide bonds. The van der Waals surface area contributed by atoms with Gasteiger partial charge < -0.3 is 14.8 Å². The number of hydrogen-bond acceptors (Lipinski definition) is 5. The number of carbonyl (C=O) groups excluding carboxylic acids is 1. The molecule has 7 heteroatoms. The predicted molar refractivity (Wildman–Crippen MR) is 106 cm³/mol. The summed E-state index contributed by atoms with van der Waals surface area (Å²) >= 11 is 0. The predicted octanol–water partition coefficient (Wildman–Crippen LogP) is 1.89. The maximum atomic E-state index is 12.4. The summed E-state index contributed by atoms with van der Waals surface area (Å²) < 4.78 is 12.0. The first kappa shape index (κ1) is 19.9. The summed E-state index contributed by atoms with van der Waals surface area (Å²) in [5.74, 6) is 1.09. The van der Waals surface area contributed by atoms with Crippen molar-refractivity contribution in [3.63, 3.8) is 0 Å². The molecular formula is C21H27N3O4. The van der Waals surface area contributed by atoms with Crippen LogP contribution >= 0.6 is 0 Å². The maximum Gasteiger partial charge on any atom is 0.267 e. The van der Waals surface area contributed by atoms with E-state index >= 15 is 0 Å². The molecule has 0 saturated heterocycles. The van der Waals surface area contributed by atoms with Crippen LogP contribution in [-0.4, -0.2) is 35.9 Å². The molecule has 2 aromatic rings. The van der Waals surface area contributed by atoms with Gasteiger partial charge in [-0.2, -0.15) is 5.10 Å². The van der Waals surface area contributed by atoms with E-state index in [4.69, 9.17) is 9.47 Å². The average Bonchev–Trinajstić information content (AvgIpc) is 2.68. The first-order valence-electron chi connectivity index (χ1n) is 9.60. The summed E-state index contributed by atoms with van der Waals surface area (Å²) in [5.41, 5.74) is 2.79. The van der Waals surface area contributed by atoms with Gasteiger partial charge in [0.1, 0.15) is 0 Å². The fraction of sp³-hybridized carbons (Fsp3) is 0.476. The maximum absolute atomic E-state index is 12.4. The Morgan fingerprint density at radius 2 is 1.93 bits per heavy atom. The highest BCUT2D eigenvalue weighted by Crippen LogP contribution is 2.27. The largest absolute Gasteiger partial charge is 0.493 e. The van der Waals surface area contributed by atoms with Crippen molar-refractivity contribution < 1.29 is 14.3 Å². The molecule has 1 atom stereocenters. The molecule has 1 aromatic carbocycles. The molecule has 3 rings (SSSR count). The molecule has 7 nitrogen and oxygen atoms in total. The molecule has 0 spiro atoms. The van der Waals surface area contributed by atoms with Gasteiger partial charge in [0.15, 0.2) is 11.5 Å². The number of rotatable bonds is 7. The van der Waals surface area contributed by atoms with Gasteiger partial charge in [-0.1, -0.05) is 6.07 Å². The Hall–Kier alpha value is -2.83. The summed E-state index contributed by atoms with van der Waals surface area (Å²) in [7, 11) is 3.13. The molecule has 28 heavy (non-hydrogen) atoms. The molecule has 150 valence electrons. The van der Waals surface area contributed by atoms with Crippen molar-refractivity contribution in [1.82, 2.24) is 15.1 Å². The van der Waals surface area contributed by atoms with Crippen LogP contribution in [0, 0.1) is 0 Å². The lowest BCUT2D eigenvalue weighted by atomic mass is 9.97. The number of amides is 1. The van der Waals surface area contributed by atoms with E-state index in [1.165, 1.54) is 4.68 Å². The highest BCUT2D eigenvalue weighted by Gasteiger charge is 2.16. The van der Waals surface area contributed by atoms with Gasteiger partial charge in [-0.15, -0.1) is 0 Å². The van der Waals surface area contributed by atoms with Gasteiger partial charge in [-0.25, -0.2) is 4.68 Å². The number of nitrogens with zero attached hydrogens (tertiary/aromatic N) is 2. The smallest absolute Gasteiger partial charge is 0.267 e. The van der Waals surface area contributed by atoms with Crippen LogP contribution < -0.4 is 20.3 Å². The lowest BCUT2D eigenvalue weighted by Crippen LogP contribution is -2.40. The Bertz CT molecular complexity index is 907. The molecule has 1 N–H and O–H groups in total. The van der Waals surface area contributed by atoms with Gasteiger partial charge in [0.05, 0.1) is 32.9 Å². The van der Waals surface area contributed by atoms with Crippen LogP contribution in [0.15, 0.2) is 29.1 Å². The van der Waals surface area contributed by atoms with Gasteiger partial charge in [0.25, 0.3) is 5.56 Å². The normalized spacial score (nSPS) is 14.1. The molecule has 0 radical (unpaired) electrons. The van der Waals surface area contributed by atoms with Crippen molar-refractivity contribution in [3.05, 3.63) is 51.4 Å². The summed E-state index contributed by atoms with van der Waals surface area (Å²) in [6.07, 6.45) is 4.28. The minimum Gasteiger partial charge on any atom is -0.493 e. The second-order valence-electron chi connectivity index (χ2n) is 7.18. The van der Waals surface area contributed by atoms with E-state index in [2.05, 4.69) is 10.4 Å². The Labute approximate surface area is 164 Å². The number of benzene rings is 1. The molecule has 1 aliphatic carbocycles. The van der Waals surface area contributed by atoms with Crippen LogP contribution in [0.2, 0.25) is 0 Å². The fourth-order valence-corrected chi connectivity index (χ4v) is 3.54. The molecule has 0 bridgehead atoms. The van der Waals surface area contributed by atoms with Crippen LogP contribution in [-0.2, 0) is 30.6 Å². The SMILES string of the molecule is COc1ccc(CC(=O)N[C@@H](C)Cn2nc3c(cc2=O)CCCC3)cc1OC. The fourth-order valence-electron chi connectivity index (χ4n) is 3.54. The van der Waals surface area contributed by atoms with E-state index in [1.807, 2.05) is 13.0 Å². The molecule has 0 aliphatic heterocycles. The van der Waals surface area contributed by atoms with Gasteiger partial charge in [0.2, 0.25) is 5.91 Å². The first-order chi connectivity index (χ1) is 13.5. The number of carbonyl (C=O) groups is 1. The second kappa shape index (κ2) is 8.91. The van der Waals surface area contributed by atoms with Gasteiger partial charge in [-0.05, 0) is 55.9 Å². The second-order valence-corrected chi connectivity index (χ2v) is 7.18. The third kappa shape index (κ3) is 4.71. The van der Waals surface area contributed by atoms with Crippen LogP contribution in [0.4, 0.5) is 0 Å². The summed E-state index contributed by atoms with van der Waals surface area (Å²) in [5, 5.41) is 7.45. The first-order valence-corrected chi connectivity index (χ1v) is 9.60. The zero-order chi connectivity index (χ0) is 20.1. The van der Waals surface area contributed by atoms with Crippen LogP contribution in [0.25, 0.3) is 0 Å². The lowest BCUT2D eigenvalue weighted by Gasteiger charge is -2.19. The van der Waals surface area contributed by atoms with Gasteiger partial charge in [-0.3, -0.25) is 9.59 Å². The van der Waals surface area contributed by atoms with E-state index in [0.717, 1.165) is 42.5 Å². The minimum absolute atomic E-state index is 0.110. The highest BCUT2D eigenvalue weighted by molar-refractivity contribution is 5.79. The van der Waals surface area contributed by atoms with Crippen molar-refractivity contribution in [2.24, 2.45) is 0 Å². The quantitative estimate of drug-likeness (QED) is 0.787. The Balaban J connectivity index is 1.61. The van der Waals surface area contributed by atoms with Gasteiger partial charge >= 0.3 is 0 Å². The Morgan fingerprint density at radius 3 is 2.68 bits per heavy atom. The summed E-state index contributed by atoms with van der Waals surface area (Å²) in [4.78, 5) is 24.7. The van der Waals surface area contributed by atoms with Crippen molar-refractivity contribution >= 4 is 5.91 Å². The van der Waals surface area contributed by atoms with Crippen molar-refractivity contribution in [1.29, 1.82) is 0 Å². The molecule has 1 heterocycles. The van der Waals surface area contributed by atoms with Crippen LogP contribution in [0.1, 0.15) is 36.6 Å². The number of methoxy groups -OCH3 is 2. The van der Waals surface area contributed by atoms with E-state index in [1.54, 1.807) is 32.4 Å². The Kier molecular flexibility index (Phi) is 6.34.